The largest absolute Gasteiger partial charge is 0.403 e. The van der Waals surface area contributed by atoms with Crippen molar-refractivity contribution in [2.45, 2.75) is 31.8 Å². The minimum atomic E-state index is 0.153. The summed E-state index contributed by atoms with van der Waals surface area (Å²) in [5.74, 6) is 1.08. The fraction of sp³-hybridized carbons (Fsp3) is 0.364. The lowest BCUT2D eigenvalue weighted by molar-refractivity contribution is 0.0514. The summed E-state index contributed by atoms with van der Waals surface area (Å²) in [7, 11) is 0. The zero-order chi connectivity index (χ0) is 20.1. The first-order valence-electron chi connectivity index (χ1n) is 10.4. The van der Waals surface area contributed by atoms with Crippen LogP contribution in [0.4, 0.5) is 6.01 Å². The van der Waals surface area contributed by atoms with Gasteiger partial charge in [-0.05, 0) is 38.0 Å². The maximum absolute atomic E-state index is 6.00. The molecule has 0 spiro atoms. The summed E-state index contributed by atoms with van der Waals surface area (Å²) < 4.78 is 11.6. The quantitative estimate of drug-likeness (QED) is 0.555. The van der Waals surface area contributed by atoms with E-state index in [4.69, 9.17) is 14.1 Å². The normalized spacial score (nSPS) is 19.5. The van der Waals surface area contributed by atoms with Gasteiger partial charge in [-0.15, -0.1) is 5.10 Å². The Bertz CT molecular complexity index is 1210. The summed E-state index contributed by atoms with van der Waals surface area (Å²) in [6, 6.07) is 6.64. The number of aromatic nitrogens is 5. The molecular formula is C22H22N6O2. The molecule has 8 nitrogen and oxygen atoms in total. The van der Waals surface area contributed by atoms with Gasteiger partial charge in [0.05, 0.1) is 30.3 Å². The highest BCUT2D eigenvalue weighted by molar-refractivity contribution is 5.96. The number of aromatic amines is 1. The first-order valence-corrected chi connectivity index (χ1v) is 10.4. The van der Waals surface area contributed by atoms with Gasteiger partial charge in [-0.3, -0.25) is 4.98 Å². The second-order valence-electron chi connectivity index (χ2n) is 8.08. The summed E-state index contributed by atoms with van der Waals surface area (Å²) in [6.45, 7) is 4.21. The molecule has 1 saturated carbocycles. The van der Waals surface area contributed by atoms with Crippen LogP contribution in [-0.4, -0.2) is 50.9 Å². The number of ether oxygens (including phenoxy) is 1. The molecule has 8 heteroatoms. The van der Waals surface area contributed by atoms with E-state index in [0.717, 1.165) is 46.5 Å². The van der Waals surface area contributed by atoms with E-state index in [-0.39, 0.29) is 6.10 Å². The predicted molar refractivity (Wildman–Crippen MR) is 112 cm³/mol. The van der Waals surface area contributed by atoms with Gasteiger partial charge < -0.3 is 19.0 Å². The molecule has 152 valence electrons. The van der Waals surface area contributed by atoms with E-state index in [1.54, 1.807) is 0 Å². The molecule has 0 bridgehead atoms. The van der Waals surface area contributed by atoms with Crippen molar-refractivity contribution in [3.63, 3.8) is 0 Å². The number of nitrogens with zero attached hydrogens (tertiary/aromatic N) is 5. The van der Waals surface area contributed by atoms with Crippen molar-refractivity contribution < 1.29 is 9.15 Å². The number of hydrogen-bond acceptors (Lipinski definition) is 7. The molecular weight excluding hydrogens is 380 g/mol. The van der Waals surface area contributed by atoms with E-state index in [1.807, 2.05) is 37.6 Å². The average molecular weight is 402 g/mol. The van der Waals surface area contributed by atoms with E-state index in [0.29, 0.717) is 24.4 Å². The van der Waals surface area contributed by atoms with Crippen LogP contribution in [0.2, 0.25) is 0 Å². The van der Waals surface area contributed by atoms with Crippen molar-refractivity contribution in [2.75, 3.05) is 24.6 Å². The average Bonchev–Trinajstić information content (AvgIpc) is 3.35. The third-order valence-corrected chi connectivity index (χ3v) is 5.78. The number of fused-ring (bicyclic) bond motifs is 1. The summed E-state index contributed by atoms with van der Waals surface area (Å²) in [5.41, 5.74) is 4.92. The Morgan fingerprint density at radius 2 is 2.10 bits per heavy atom. The van der Waals surface area contributed by atoms with Crippen LogP contribution in [0.5, 0.6) is 0 Å². The molecule has 2 aliphatic rings. The lowest BCUT2D eigenvalue weighted by Gasteiger charge is -2.29. The van der Waals surface area contributed by atoms with Gasteiger partial charge in [0.25, 0.3) is 0 Å². The van der Waals surface area contributed by atoms with E-state index in [2.05, 4.69) is 31.1 Å². The van der Waals surface area contributed by atoms with Crippen LogP contribution in [0.15, 0.2) is 41.2 Å². The maximum Gasteiger partial charge on any atom is 0.318 e. The fourth-order valence-electron chi connectivity index (χ4n) is 4.00. The Morgan fingerprint density at radius 3 is 2.97 bits per heavy atom. The van der Waals surface area contributed by atoms with E-state index >= 15 is 0 Å². The predicted octanol–water partition coefficient (Wildman–Crippen LogP) is 3.78. The fourth-order valence-corrected chi connectivity index (χ4v) is 4.00. The Morgan fingerprint density at radius 1 is 1.17 bits per heavy atom. The van der Waals surface area contributed by atoms with Crippen molar-refractivity contribution in [3.05, 3.63) is 42.5 Å². The lowest BCUT2D eigenvalue weighted by atomic mass is 10.1. The Kier molecular flexibility index (Phi) is 4.05. The second-order valence-corrected chi connectivity index (χ2v) is 8.08. The van der Waals surface area contributed by atoms with Gasteiger partial charge in [-0.2, -0.15) is 0 Å². The lowest BCUT2D eigenvalue weighted by Crippen LogP contribution is -2.41. The number of benzene rings is 1. The van der Waals surface area contributed by atoms with E-state index in [9.17, 15) is 0 Å². The molecule has 0 amide bonds. The van der Waals surface area contributed by atoms with Crippen LogP contribution < -0.4 is 4.90 Å². The van der Waals surface area contributed by atoms with Crippen molar-refractivity contribution in [3.8, 4) is 22.7 Å². The molecule has 1 aliphatic carbocycles. The van der Waals surface area contributed by atoms with Gasteiger partial charge in [0.1, 0.15) is 0 Å². The third-order valence-electron chi connectivity index (χ3n) is 5.78. The highest BCUT2D eigenvalue weighted by Gasteiger charge is 2.26. The number of nitrogens with one attached hydrogen (secondary N) is 1. The zero-order valence-corrected chi connectivity index (χ0v) is 16.7. The molecule has 2 fully saturated rings. The van der Waals surface area contributed by atoms with Crippen LogP contribution in [0.3, 0.4) is 0 Å². The van der Waals surface area contributed by atoms with Crippen molar-refractivity contribution in [1.82, 2.24) is 25.1 Å². The van der Waals surface area contributed by atoms with E-state index < -0.39 is 0 Å². The molecule has 1 saturated heterocycles. The van der Waals surface area contributed by atoms with Crippen LogP contribution in [0, 0.1) is 0 Å². The highest BCUT2D eigenvalue weighted by Crippen LogP contribution is 2.39. The SMILES string of the molecule is C[C@H]1CN(c2nnc(-c3ccc4[nH]cc(-c5cncc(C6CC6)n5)c4c3)o2)CCO1. The van der Waals surface area contributed by atoms with Gasteiger partial charge in [0.15, 0.2) is 0 Å². The van der Waals surface area contributed by atoms with Crippen LogP contribution in [0.1, 0.15) is 31.4 Å². The van der Waals surface area contributed by atoms with Crippen molar-refractivity contribution >= 4 is 16.9 Å². The van der Waals surface area contributed by atoms with E-state index in [1.165, 1.54) is 12.8 Å². The molecule has 0 unspecified atom stereocenters. The van der Waals surface area contributed by atoms with Crippen LogP contribution in [0.25, 0.3) is 33.6 Å². The van der Waals surface area contributed by atoms with Crippen LogP contribution >= 0.6 is 0 Å². The summed E-state index contributed by atoms with van der Waals surface area (Å²) in [4.78, 5) is 14.7. The molecule has 6 rings (SSSR count). The topological polar surface area (TPSA) is 93.0 Å². The molecule has 3 aromatic heterocycles. The molecule has 30 heavy (non-hydrogen) atoms. The molecule has 4 aromatic rings. The molecule has 1 atom stereocenters. The molecule has 4 heterocycles. The minimum absolute atomic E-state index is 0.153. The first-order chi connectivity index (χ1) is 14.7. The third kappa shape index (κ3) is 3.13. The number of morpholine rings is 1. The first kappa shape index (κ1) is 17.6. The van der Waals surface area contributed by atoms with Crippen molar-refractivity contribution in [1.29, 1.82) is 0 Å². The molecule has 1 aromatic carbocycles. The van der Waals surface area contributed by atoms with Gasteiger partial charge in [-0.25, -0.2) is 4.98 Å². The summed E-state index contributed by atoms with van der Waals surface area (Å²) in [6.07, 6.45) is 8.26. The molecule has 1 N–H and O–H groups in total. The summed E-state index contributed by atoms with van der Waals surface area (Å²) in [5, 5.41) is 9.61. The number of anilines is 1. The smallest absolute Gasteiger partial charge is 0.318 e. The van der Waals surface area contributed by atoms with Crippen molar-refractivity contribution in [2.24, 2.45) is 0 Å². The van der Waals surface area contributed by atoms with Crippen LogP contribution in [-0.2, 0) is 4.74 Å². The number of rotatable bonds is 4. The highest BCUT2D eigenvalue weighted by atomic mass is 16.5. The Balaban J connectivity index is 1.35. The van der Waals surface area contributed by atoms with Gasteiger partial charge in [-0.1, -0.05) is 5.10 Å². The standard InChI is InChI=1S/C22H22N6O2/c1-13-12-28(6-7-29-13)22-27-26-21(30-22)15-4-5-18-16(8-15)17(9-24-18)20-11-23-10-19(25-20)14-2-3-14/h4-5,8-11,13-14,24H,2-3,6-7,12H2,1H3/t13-/m0/s1. The number of hydrogen-bond donors (Lipinski definition) is 1. The monoisotopic (exact) mass is 402 g/mol. The minimum Gasteiger partial charge on any atom is -0.403 e. The number of H-pyrrole nitrogens is 1. The Hall–Kier alpha value is -3.26. The second kappa shape index (κ2) is 6.91. The Labute approximate surface area is 173 Å². The maximum atomic E-state index is 6.00. The van der Waals surface area contributed by atoms with Gasteiger partial charge >= 0.3 is 6.01 Å². The molecule has 0 radical (unpaired) electrons. The van der Waals surface area contributed by atoms with Gasteiger partial charge in [0, 0.05) is 53.4 Å². The summed E-state index contributed by atoms with van der Waals surface area (Å²) >= 11 is 0. The molecule has 1 aliphatic heterocycles. The zero-order valence-electron chi connectivity index (χ0n) is 16.7. The van der Waals surface area contributed by atoms with Gasteiger partial charge in [0.2, 0.25) is 5.89 Å².